The first-order chi connectivity index (χ1) is 6.73. The van der Waals surface area contributed by atoms with Gasteiger partial charge in [0.05, 0.1) is 7.11 Å². The first-order valence-electron chi connectivity index (χ1n) is 4.68. The summed E-state index contributed by atoms with van der Waals surface area (Å²) in [6, 6.07) is 0. The van der Waals surface area contributed by atoms with E-state index in [0.717, 1.165) is 5.57 Å². The Balaban J connectivity index is 5.19. The molecule has 0 amide bonds. The Labute approximate surface area is 90.2 Å². The van der Waals surface area contributed by atoms with Crippen molar-refractivity contribution in [3.8, 4) is 0 Å². The van der Waals surface area contributed by atoms with Crippen LogP contribution in [-0.4, -0.2) is 19.0 Å². The summed E-state index contributed by atoms with van der Waals surface area (Å²) in [6.07, 6.45) is 0. The summed E-state index contributed by atoms with van der Waals surface area (Å²) in [5.41, 5.74) is -0.167. The van der Waals surface area contributed by atoms with E-state index < -0.39 is 17.4 Å². The summed E-state index contributed by atoms with van der Waals surface area (Å²) in [4.78, 5) is 22.4. The SMILES string of the molecule is COC(=O)C(C)(C)C(OC(C)=O)=C(C)C. The molecule has 0 rings (SSSR count). The number of hydrogen-bond acceptors (Lipinski definition) is 4. The predicted octanol–water partition coefficient (Wildman–Crippen LogP) is 2.04. The van der Waals surface area contributed by atoms with Crippen LogP contribution in [0.25, 0.3) is 0 Å². The van der Waals surface area contributed by atoms with E-state index in [0.29, 0.717) is 5.76 Å². The minimum atomic E-state index is -0.945. The molecule has 0 atom stereocenters. The van der Waals surface area contributed by atoms with Crippen molar-refractivity contribution in [2.75, 3.05) is 7.11 Å². The van der Waals surface area contributed by atoms with Gasteiger partial charge in [-0.3, -0.25) is 9.59 Å². The van der Waals surface area contributed by atoms with Crippen molar-refractivity contribution in [2.45, 2.75) is 34.6 Å². The summed E-state index contributed by atoms with van der Waals surface area (Å²) in [6.45, 7) is 8.18. The zero-order valence-electron chi connectivity index (χ0n) is 10.1. The molecule has 0 spiro atoms. The Bertz CT molecular complexity index is 296. The molecule has 86 valence electrons. The predicted molar refractivity (Wildman–Crippen MR) is 55.9 cm³/mol. The molecule has 0 radical (unpaired) electrons. The minimum absolute atomic E-state index is 0.349. The quantitative estimate of drug-likeness (QED) is 0.533. The lowest BCUT2D eigenvalue weighted by atomic mass is 9.88. The summed E-state index contributed by atoms with van der Waals surface area (Å²) >= 11 is 0. The second-order valence-electron chi connectivity index (χ2n) is 4.04. The summed E-state index contributed by atoms with van der Waals surface area (Å²) in [5.74, 6) is -0.523. The molecule has 0 heterocycles. The molecule has 4 heteroatoms. The van der Waals surface area contributed by atoms with Gasteiger partial charge in [-0.05, 0) is 33.3 Å². The van der Waals surface area contributed by atoms with E-state index in [1.54, 1.807) is 27.7 Å². The lowest BCUT2D eigenvalue weighted by Crippen LogP contribution is -2.30. The molecule has 0 aromatic rings. The number of carbonyl (C=O) groups is 2. The van der Waals surface area contributed by atoms with E-state index in [1.165, 1.54) is 14.0 Å². The highest BCUT2D eigenvalue weighted by molar-refractivity contribution is 5.80. The molecule has 0 aromatic heterocycles. The molecule has 0 aliphatic rings. The molecule has 0 N–H and O–H groups in total. The fraction of sp³-hybridized carbons (Fsp3) is 0.636. The average molecular weight is 214 g/mol. The Morgan fingerprint density at radius 1 is 1.07 bits per heavy atom. The van der Waals surface area contributed by atoms with Crippen LogP contribution in [0.3, 0.4) is 0 Å². The number of hydrogen-bond donors (Lipinski definition) is 0. The van der Waals surface area contributed by atoms with Crippen LogP contribution < -0.4 is 0 Å². The molecule has 0 fully saturated rings. The van der Waals surface area contributed by atoms with E-state index in [9.17, 15) is 9.59 Å². The van der Waals surface area contributed by atoms with Crippen LogP contribution in [0.1, 0.15) is 34.6 Å². The van der Waals surface area contributed by atoms with Gasteiger partial charge in [0, 0.05) is 6.92 Å². The topological polar surface area (TPSA) is 52.6 Å². The van der Waals surface area contributed by atoms with Gasteiger partial charge in [0.1, 0.15) is 11.2 Å². The molecule has 0 saturated heterocycles. The van der Waals surface area contributed by atoms with Crippen LogP contribution >= 0.6 is 0 Å². The maximum Gasteiger partial charge on any atom is 0.318 e. The molecule has 0 saturated carbocycles. The lowest BCUT2D eigenvalue weighted by molar-refractivity contribution is -0.152. The van der Waals surface area contributed by atoms with Crippen LogP contribution in [0.5, 0.6) is 0 Å². The summed E-state index contributed by atoms with van der Waals surface area (Å²) in [5, 5.41) is 0. The fourth-order valence-electron chi connectivity index (χ4n) is 1.35. The molecule has 0 aliphatic carbocycles. The number of rotatable bonds is 3. The first-order valence-corrected chi connectivity index (χ1v) is 4.68. The summed E-state index contributed by atoms with van der Waals surface area (Å²) in [7, 11) is 1.31. The number of esters is 2. The van der Waals surface area contributed by atoms with Crippen molar-refractivity contribution in [1.82, 2.24) is 0 Å². The Hall–Kier alpha value is -1.32. The smallest absolute Gasteiger partial charge is 0.318 e. The zero-order chi connectivity index (χ0) is 12.2. The van der Waals surface area contributed by atoms with Crippen LogP contribution in [0.15, 0.2) is 11.3 Å². The van der Waals surface area contributed by atoms with Crippen molar-refractivity contribution < 1.29 is 19.1 Å². The van der Waals surface area contributed by atoms with Crippen molar-refractivity contribution in [3.63, 3.8) is 0 Å². The van der Waals surface area contributed by atoms with E-state index in [-0.39, 0.29) is 0 Å². The Kier molecular flexibility index (Phi) is 4.52. The van der Waals surface area contributed by atoms with Crippen LogP contribution in [-0.2, 0) is 19.1 Å². The number of carbonyl (C=O) groups excluding carboxylic acids is 2. The van der Waals surface area contributed by atoms with Crippen molar-refractivity contribution in [2.24, 2.45) is 5.41 Å². The molecule has 4 nitrogen and oxygen atoms in total. The van der Waals surface area contributed by atoms with E-state index in [4.69, 9.17) is 4.74 Å². The fourth-order valence-corrected chi connectivity index (χ4v) is 1.35. The maximum atomic E-state index is 11.5. The molecule has 15 heavy (non-hydrogen) atoms. The number of ether oxygens (including phenoxy) is 2. The van der Waals surface area contributed by atoms with E-state index in [2.05, 4.69) is 4.74 Å². The van der Waals surface area contributed by atoms with Crippen LogP contribution in [0.4, 0.5) is 0 Å². The molecule has 0 unspecified atom stereocenters. The Morgan fingerprint density at radius 3 is 1.80 bits per heavy atom. The van der Waals surface area contributed by atoms with E-state index in [1.807, 2.05) is 0 Å². The van der Waals surface area contributed by atoms with Crippen molar-refractivity contribution >= 4 is 11.9 Å². The minimum Gasteiger partial charge on any atom is -0.468 e. The van der Waals surface area contributed by atoms with Crippen molar-refractivity contribution in [3.05, 3.63) is 11.3 Å². The monoisotopic (exact) mass is 214 g/mol. The zero-order valence-corrected chi connectivity index (χ0v) is 10.1. The Morgan fingerprint density at radius 2 is 1.53 bits per heavy atom. The third-order valence-electron chi connectivity index (χ3n) is 1.96. The normalized spacial score (nSPS) is 10.5. The highest BCUT2D eigenvalue weighted by Gasteiger charge is 2.36. The van der Waals surface area contributed by atoms with Gasteiger partial charge < -0.3 is 9.47 Å². The molecular weight excluding hydrogens is 196 g/mol. The van der Waals surface area contributed by atoms with Gasteiger partial charge in [-0.2, -0.15) is 0 Å². The van der Waals surface area contributed by atoms with Gasteiger partial charge in [-0.25, -0.2) is 0 Å². The molecular formula is C11H18O4. The highest BCUT2D eigenvalue weighted by Crippen LogP contribution is 2.31. The first kappa shape index (κ1) is 13.7. The van der Waals surface area contributed by atoms with Gasteiger partial charge in [0.15, 0.2) is 0 Å². The van der Waals surface area contributed by atoms with Gasteiger partial charge >= 0.3 is 11.9 Å². The lowest BCUT2D eigenvalue weighted by Gasteiger charge is -2.25. The number of methoxy groups -OCH3 is 1. The van der Waals surface area contributed by atoms with Crippen molar-refractivity contribution in [1.29, 1.82) is 0 Å². The van der Waals surface area contributed by atoms with Gasteiger partial charge in [-0.15, -0.1) is 0 Å². The van der Waals surface area contributed by atoms with Crippen LogP contribution in [0.2, 0.25) is 0 Å². The average Bonchev–Trinajstić information content (AvgIpc) is 2.11. The standard InChI is InChI=1S/C11H18O4/c1-7(2)9(15-8(3)12)11(4,5)10(13)14-6/h1-6H3. The van der Waals surface area contributed by atoms with Crippen LogP contribution in [0, 0.1) is 5.41 Å². The highest BCUT2D eigenvalue weighted by atomic mass is 16.5. The molecule has 0 aliphatic heterocycles. The molecule has 0 bridgehead atoms. The van der Waals surface area contributed by atoms with Gasteiger partial charge in [0.25, 0.3) is 0 Å². The van der Waals surface area contributed by atoms with Gasteiger partial charge in [-0.1, -0.05) is 0 Å². The third kappa shape index (κ3) is 3.38. The second-order valence-corrected chi connectivity index (χ2v) is 4.04. The summed E-state index contributed by atoms with van der Waals surface area (Å²) < 4.78 is 9.70. The van der Waals surface area contributed by atoms with E-state index >= 15 is 0 Å². The number of allylic oxidation sites excluding steroid dienone is 1. The third-order valence-corrected chi connectivity index (χ3v) is 1.96. The maximum absolute atomic E-state index is 11.5. The largest absolute Gasteiger partial charge is 0.468 e. The van der Waals surface area contributed by atoms with Gasteiger partial charge in [0.2, 0.25) is 0 Å². The molecule has 0 aromatic carbocycles. The second kappa shape index (κ2) is 4.96.